The number of aliphatic hydroxyl groups is 1. The second kappa shape index (κ2) is 6.08. The molecule has 1 saturated heterocycles. The van der Waals surface area contributed by atoms with Gasteiger partial charge in [0.05, 0.1) is 18.1 Å². The fourth-order valence-corrected chi connectivity index (χ4v) is 3.38. The first-order valence-electron chi connectivity index (χ1n) is 7.86. The topological polar surface area (TPSA) is 66.8 Å². The zero-order valence-corrected chi connectivity index (χ0v) is 12.6. The number of nitrogens with zero attached hydrogens (tertiary/aromatic N) is 1. The molecule has 3 rings (SSSR count). The molecule has 0 bridgehead atoms. The van der Waals surface area contributed by atoms with E-state index in [-0.39, 0.29) is 18.1 Å². The van der Waals surface area contributed by atoms with Gasteiger partial charge in [-0.1, -0.05) is 43.7 Å². The predicted octanol–water partition coefficient (Wildman–Crippen LogP) is 2.65. The molecule has 4 atom stereocenters. The lowest BCUT2D eigenvalue weighted by molar-refractivity contribution is -0.137. The minimum Gasteiger partial charge on any atom is -0.444 e. The van der Waals surface area contributed by atoms with E-state index in [2.05, 4.69) is 0 Å². The van der Waals surface area contributed by atoms with Gasteiger partial charge in [-0.15, -0.1) is 0 Å². The minimum atomic E-state index is -0.927. The molecule has 1 aliphatic heterocycles. The first kappa shape index (κ1) is 15.0. The van der Waals surface area contributed by atoms with Crippen LogP contribution in [0.5, 0.6) is 0 Å². The summed E-state index contributed by atoms with van der Waals surface area (Å²) in [6.45, 7) is 1.66. The fraction of sp³-hybridized carbons (Fsp3) is 0.529. The number of fused-ring (bicyclic) bond motifs is 1. The van der Waals surface area contributed by atoms with Crippen molar-refractivity contribution >= 4 is 12.0 Å². The molecular weight excluding hydrogens is 282 g/mol. The Kier molecular flexibility index (Phi) is 4.16. The van der Waals surface area contributed by atoms with E-state index in [0.29, 0.717) is 5.56 Å². The summed E-state index contributed by atoms with van der Waals surface area (Å²) in [5.74, 6) is -1.04. The van der Waals surface area contributed by atoms with E-state index in [0.717, 1.165) is 25.7 Å². The van der Waals surface area contributed by atoms with Gasteiger partial charge in [-0.2, -0.15) is 0 Å². The molecule has 1 saturated carbocycles. The van der Waals surface area contributed by atoms with Crippen LogP contribution < -0.4 is 0 Å². The third-order valence-electron chi connectivity index (χ3n) is 4.69. The number of hydrogen-bond acceptors (Lipinski definition) is 4. The Morgan fingerprint density at radius 1 is 1.27 bits per heavy atom. The highest BCUT2D eigenvalue weighted by Gasteiger charge is 2.47. The normalized spacial score (nSPS) is 27.0. The molecule has 0 radical (unpaired) electrons. The molecular formula is C17H21NO4. The Hall–Kier alpha value is -1.88. The Morgan fingerprint density at radius 2 is 1.95 bits per heavy atom. The van der Waals surface area contributed by atoms with Crippen molar-refractivity contribution < 1.29 is 19.4 Å². The molecule has 1 aromatic rings. The van der Waals surface area contributed by atoms with Gasteiger partial charge in [0.2, 0.25) is 5.91 Å². The van der Waals surface area contributed by atoms with Crippen LogP contribution in [0.2, 0.25) is 0 Å². The summed E-state index contributed by atoms with van der Waals surface area (Å²) in [7, 11) is 0. The summed E-state index contributed by atoms with van der Waals surface area (Å²) < 4.78 is 5.32. The quantitative estimate of drug-likeness (QED) is 0.932. The van der Waals surface area contributed by atoms with E-state index in [4.69, 9.17) is 4.74 Å². The van der Waals surface area contributed by atoms with Crippen LogP contribution in [0.25, 0.3) is 0 Å². The fourth-order valence-electron chi connectivity index (χ4n) is 3.38. The molecule has 2 aliphatic rings. The first-order valence-corrected chi connectivity index (χ1v) is 7.86. The highest BCUT2D eigenvalue weighted by atomic mass is 16.6. The number of carbonyl (C=O) groups excluding carboxylic acids is 2. The van der Waals surface area contributed by atoms with Gasteiger partial charge in [0.25, 0.3) is 0 Å². The lowest BCUT2D eigenvalue weighted by Gasteiger charge is -2.29. The van der Waals surface area contributed by atoms with E-state index in [1.165, 1.54) is 4.90 Å². The van der Waals surface area contributed by atoms with Crippen molar-refractivity contribution in [2.45, 2.75) is 50.9 Å². The zero-order chi connectivity index (χ0) is 15.7. The van der Waals surface area contributed by atoms with Crippen LogP contribution in [0.4, 0.5) is 4.79 Å². The van der Waals surface area contributed by atoms with Gasteiger partial charge >= 0.3 is 6.09 Å². The minimum absolute atomic E-state index is 0.167. The van der Waals surface area contributed by atoms with Crippen molar-refractivity contribution in [2.24, 2.45) is 5.92 Å². The number of imide groups is 1. The van der Waals surface area contributed by atoms with E-state index < -0.39 is 18.1 Å². The van der Waals surface area contributed by atoms with Crippen LogP contribution in [-0.2, 0) is 9.53 Å². The van der Waals surface area contributed by atoms with Gasteiger partial charge in [-0.05, 0) is 24.8 Å². The van der Waals surface area contributed by atoms with Gasteiger partial charge in [-0.3, -0.25) is 4.79 Å². The zero-order valence-electron chi connectivity index (χ0n) is 12.6. The molecule has 0 aromatic heterocycles. The average molecular weight is 303 g/mol. The van der Waals surface area contributed by atoms with Crippen molar-refractivity contribution in [2.75, 3.05) is 0 Å². The number of amides is 2. The predicted molar refractivity (Wildman–Crippen MR) is 79.9 cm³/mol. The van der Waals surface area contributed by atoms with E-state index >= 15 is 0 Å². The Bertz CT molecular complexity index is 559. The summed E-state index contributed by atoms with van der Waals surface area (Å²) in [5.41, 5.74) is 0.677. The first-order chi connectivity index (χ1) is 10.6. The third-order valence-corrected chi connectivity index (χ3v) is 4.69. The monoisotopic (exact) mass is 303 g/mol. The number of ether oxygens (including phenoxy) is 1. The molecule has 1 aromatic carbocycles. The van der Waals surface area contributed by atoms with Gasteiger partial charge in [0.15, 0.2) is 0 Å². The second-order valence-electron chi connectivity index (χ2n) is 6.13. The Morgan fingerprint density at radius 3 is 2.68 bits per heavy atom. The molecule has 118 valence electrons. The molecule has 1 aliphatic carbocycles. The highest BCUT2D eigenvalue weighted by molar-refractivity contribution is 5.95. The molecule has 1 heterocycles. The third kappa shape index (κ3) is 2.61. The molecule has 5 heteroatoms. The maximum atomic E-state index is 12.7. The Labute approximate surface area is 129 Å². The van der Waals surface area contributed by atoms with Gasteiger partial charge in [0.1, 0.15) is 6.10 Å². The molecule has 1 N–H and O–H groups in total. The molecule has 2 fully saturated rings. The lowest BCUT2D eigenvalue weighted by atomic mass is 9.90. The molecule has 5 nitrogen and oxygen atoms in total. The number of rotatable bonds is 3. The maximum absolute atomic E-state index is 12.7. The van der Waals surface area contributed by atoms with E-state index in [1.807, 2.05) is 18.2 Å². The molecule has 22 heavy (non-hydrogen) atoms. The highest BCUT2D eigenvalue weighted by Crippen LogP contribution is 2.34. The molecule has 0 unspecified atom stereocenters. The number of benzene rings is 1. The van der Waals surface area contributed by atoms with Crippen LogP contribution in [-0.4, -0.2) is 34.2 Å². The van der Waals surface area contributed by atoms with Crippen molar-refractivity contribution in [3.63, 3.8) is 0 Å². The van der Waals surface area contributed by atoms with E-state index in [9.17, 15) is 14.7 Å². The van der Waals surface area contributed by atoms with Crippen LogP contribution in [0, 0.1) is 5.92 Å². The van der Waals surface area contributed by atoms with Gasteiger partial charge < -0.3 is 9.84 Å². The Balaban J connectivity index is 1.76. The van der Waals surface area contributed by atoms with Crippen molar-refractivity contribution in [3.8, 4) is 0 Å². The largest absolute Gasteiger partial charge is 0.444 e. The van der Waals surface area contributed by atoms with Crippen LogP contribution in [0.1, 0.15) is 44.3 Å². The second-order valence-corrected chi connectivity index (χ2v) is 6.13. The van der Waals surface area contributed by atoms with Crippen LogP contribution in [0.15, 0.2) is 30.3 Å². The summed E-state index contributed by atoms with van der Waals surface area (Å²) >= 11 is 0. The lowest BCUT2D eigenvalue weighted by Crippen LogP contribution is -2.45. The van der Waals surface area contributed by atoms with E-state index in [1.54, 1.807) is 19.1 Å². The molecule has 0 spiro atoms. The number of carbonyl (C=O) groups is 2. The SMILES string of the molecule is C[C@@H](C(=O)N1C(=O)O[C@H]2CCCC[C@H]21)[C@@H](O)c1ccccc1. The van der Waals surface area contributed by atoms with Gasteiger partial charge in [-0.25, -0.2) is 9.69 Å². The molecule has 2 amide bonds. The van der Waals surface area contributed by atoms with Crippen LogP contribution in [0.3, 0.4) is 0 Å². The summed E-state index contributed by atoms with van der Waals surface area (Å²) in [6.07, 6.45) is 1.96. The summed E-state index contributed by atoms with van der Waals surface area (Å²) in [4.78, 5) is 26.0. The smallest absolute Gasteiger partial charge is 0.417 e. The van der Waals surface area contributed by atoms with Crippen LogP contribution >= 0.6 is 0 Å². The summed E-state index contributed by atoms with van der Waals surface area (Å²) in [5, 5.41) is 10.4. The standard InChI is InChI=1S/C17H21NO4/c1-11(15(19)12-7-3-2-4-8-12)16(20)18-13-9-5-6-10-14(13)22-17(18)21/h2-4,7-8,11,13-15,19H,5-6,9-10H2,1H3/t11-,13-,14+,15-/m1/s1. The number of hydrogen-bond donors (Lipinski definition) is 1. The number of aliphatic hydroxyl groups excluding tert-OH is 1. The van der Waals surface area contributed by atoms with Crippen molar-refractivity contribution in [1.29, 1.82) is 0 Å². The van der Waals surface area contributed by atoms with Crippen molar-refractivity contribution in [3.05, 3.63) is 35.9 Å². The maximum Gasteiger partial charge on any atom is 0.417 e. The van der Waals surface area contributed by atoms with Gasteiger partial charge in [0, 0.05) is 0 Å². The average Bonchev–Trinajstić information content (AvgIpc) is 2.89. The summed E-state index contributed by atoms with van der Waals surface area (Å²) in [6, 6.07) is 8.88. The van der Waals surface area contributed by atoms with Crippen molar-refractivity contribution in [1.82, 2.24) is 4.90 Å².